The molecule has 0 aromatic heterocycles. The molecule has 1 aromatic carbocycles. The molecule has 0 aliphatic carbocycles. The van der Waals surface area contributed by atoms with Crippen LogP contribution in [0.1, 0.15) is 13.3 Å². The van der Waals surface area contributed by atoms with E-state index in [-0.39, 0.29) is 11.9 Å². The highest BCUT2D eigenvalue weighted by atomic mass is 32.2. The van der Waals surface area contributed by atoms with Crippen molar-refractivity contribution in [3.8, 4) is 0 Å². The van der Waals surface area contributed by atoms with E-state index in [2.05, 4.69) is 0 Å². The minimum Gasteiger partial charge on any atom is -0.399 e. The van der Waals surface area contributed by atoms with E-state index in [4.69, 9.17) is 10.8 Å². The maximum absolute atomic E-state index is 13.2. The number of aliphatic hydroxyl groups excluding tert-OH is 1. The summed E-state index contributed by atoms with van der Waals surface area (Å²) in [5.41, 5.74) is 5.85. The van der Waals surface area contributed by atoms with Crippen LogP contribution in [0.4, 0.5) is 10.1 Å². The van der Waals surface area contributed by atoms with Crippen molar-refractivity contribution in [3.63, 3.8) is 0 Å². The monoisotopic (exact) mass is 215 g/mol. The molecule has 14 heavy (non-hydrogen) atoms. The van der Waals surface area contributed by atoms with Crippen molar-refractivity contribution < 1.29 is 9.50 Å². The Labute approximate surface area is 87.3 Å². The number of rotatable bonds is 4. The lowest BCUT2D eigenvalue weighted by atomic mass is 10.3. The van der Waals surface area contributed by atoms with Crippen molar-refractivity contribution in [2.24, 2.45) is 0 Å². The molecule has 0 fully saturated rings. The molecular formula is C10H14FNOS. The minimum atomic E-state index is -0.334. The fraction of sp³-hybridized carbons (Fsp3) is 0.400. The van der Waals surface area contributed by atoms with Gasteiger partial charge in [-0.3, -0.25) is 0 Å². The second-order valence-electron chi connectivity index (χ2n) is 3.18. The van der Waals surface area contributed by atoms with Crippen LogP contribution >= 0.6 is 11.8 Å². The molecule has 1 unspecified atom stereocenters. The molecule has 0 amide bonds. The van der Waals surface area contributed by atoms with Crippen molar-refractivity contribution in [2.75, 3.05) is 11.5 Å². The second kappa shape index (κ2) is 5.22. The molecule has 3 N–H and O–H groups in total. The summed E-state index contributed by atoms with van der Waals surface area (Å²) in [4.78, 5) is 0.583. The van der Waals surface area contributed by atoms with Gasteiger partial charge in [0.2, 0.25) is 0 Å². The first kappa shape index (κ1) is 11.3. The average molecular weight is 215 g/mol. The quantitative estimate of drug-likeness (QED) is 0.598. The Bertz CT molecular complexity index is 304. The van der Waals surface area contributed by atoms with Gasteiger partial charge in [-0.2, -0.15) is 0 Å². The first-order chi connectivity index (χ1) is 6.59. The van der Waals surface area contributed by atoms with Gasteiger partial charge in [0.1, 0.15) is 5.82 Å². The maximum Gasteiger partial charge on any atom is 0.138 e. The lowest BCUT2D eigenvalue weighted by Gasteiger charge is -2.05. The van der Waals surface area contributed by atoms with Crippen LogP contribution in [-0.2, 0) is 0 Å². The smallest absolute Gasteiger partial charge is 0.138 e. The molecule has 0 aliphatic rings. The van der Waals surface area contributed by atoms with Gasteiger partial charge >= 0.3 is 0 Å². The summed E-state index contributed by atoms with van der Waals surface area (Å²) in [7, 11) is 0. The van der Waals surface area contributed by atoms with Gasteiger partial charge in [0.15, 0.2) is 0 Å². The Kier molecular flexibility index (Phi) is 4.22. The van der Waals surface area contributed by atoms with Crippen LogP contribution < -0.4 is 5.73 Å². The van der Waals surface area contributed by atoms with Gasteiger partial charge in [0.25, 0.3) is 0 Å². The third-order valence-electron chi connectivity index (χ3n) is 1.75. The van der Waals surface area contributed by atoms with Crippen LogP contribution in [0.15, 0.2) is 23.1 Å². The van der Waals surface area contributed by atoms with Crippen molar-refractivity contribution in [1.29, 1.82) is 0 Å². The van der Waals surface area contributed by atoms with Gasteiger partial charge in [0.05, 0.1) is 6.10 Å². The Morgan fingerprint density at radius 2 is 2.29 bits per heavy atom. The largest absolute Gasteiger partial charge is 0.399 e. The highest BCUT2D eigenvalue weighted by molar-refractivity contribution is 7.99. The van der Waals surface area contributed by atoms with E-state index in [1.54, 1.807) is 19.1 Å². The van der Waals surface area contributed by atoms with Gasteiger partial charge in [-0.1, -0.05) is 0 Å². The number of thioether (sulfide) groups is 1. The molecule has 0 heterocycles. The molecular weight excluding hydrogens is 201 g/mol. The lowest BCUT2D eigenvalue weighted by Crippen LogP contribution is -2.00. The zero-order valence-corrected chi connectivity index (χ0v) is 8.85. The van der Waals surface area contributed by atoms with Crippen LogP contribution in [0, 0.1) is 5.82 Å². The van der Waals surface area contributed by atoms with E-state index >= 15 is 0 Å². The number of benzene rings is 1. The van der Waals surface area contributed by atoms with Gasteiger partial charge in [0, 0.05) is 16.3 Å². The molecule has 1 atom stereocenters. The highest BCUT2D eigenvalue weighted by Gasteiger charge is 2.03. The third kappa shape index (κ3) is 3.55. The van der Waals surface area contributed by atoms with Crippen molar-refractivity contribution in [1.82, 2.24) is 0 Å². The number of halogens is 1. The molecule has 0 saturated carbocycles. The third-order valence-corrected chi connectivity index (χ3v) is 2.83. The summed E-state index contributed by atoms with van der Waals surface area (Å²) >= 11 is 1.39. The number of hydrogen-bond donors (Lipinski definition) is 2. The summed E-state index contributed by atoms with van der Waals surface area (Å²) in [6, 6.07) is 4.65. The Morgan fingerprint density at radius 1 is 1.57 bits per heavy atom. The summed E-state index contributed by atoms with van der Waals surface area (Å²) in [6.07, 6.45) is 0.327. The zero-order valence-electron chi connectivity index (χ0n) is 8.03. The molecule has 0 radical (unpaired) electrons. The van der Waals surface area contributed by atoms with Gasteiger partial charge in [-0.15, -0.1) is 11.8 Å². The predicted octanol–water partition coefficient (Wildman–Crippen LogP) is 2.27. The molecule has 1 rings (SSSR count). The molecule has 4 heteroatoms. The average Bonchev–Trinajstić information content (AvgIpc) is 2.08. The molecule has 0 aliphatic heterocycles. The Morgan fingerprint density at radius 3 is 2.86 bits per heavy atom. The standard InChI is InChI=1S/C10H14FNOS/c1-7(13)4-5-14-10-3-2-8(12)6-9(10)11/h2-3,6-7,13H,4-5,12H2,1H3. The van der Waals surface area contributed by atoms with E-state index in [1.807, 2.05) is 0 Å². The normalized spacial score (nSPS) is 12.8. The number of nitrogen functional groups attached to an aromatic ring is 1. The van der Waals surface area contributed by atoms with E-state index in [1.165, 1.54) is 17.8 Å². The zero-order chi connectivity index (χ0) is 10.6. The van der Waals surface area contributed by atoms with Crippen LogP contribution in [0.25, 0.3) is 0 Å². The number of nitrogens with two attached hydrogens (primary N) is 1. The fourth-order valence-corrected chi connectivity index (χ4v) is 2.01. The van der Waals surface area contributed by atoms with Crippen LogP contribution in [-0.4, -0.2) is 17.0 Å². The van der Waals surface area contributed by atoms with Gasteiger partial charge in [-0.05, 0) is 31.5 Å². The molecule has 0 spiro atoms. The summed E-state index contributed by atoms with van der Waals surface area (Å²) in [5.74, 6) is 0.416. The number of aliphatic hydroxyl groups is 1. The van der Waals surface area contributed by atoms with Gasteiger partial charge in [-0.25, -0.2) is 4.39 Å². The molecule has 2 nitrogen and oxygen atoms in total. The number of hydrogen-bond acceptors (Lipinski definition) is 3. The Balaban J connectivity index is 2.51. The number of anilines is 1. The van der Waals surface area contributed by atoms with Gasteiger partial charge < -0.3 is 10.8 Å². The van der Waals surface area contributed by atoms with Crippen LogP contribution in [0.5, 0.6) is 0 Å². The predicted molar refractivity (Wildman–Crippen MR) is 57.8 cm³/mol. The molecule has 0 bridgehead atoms. The van der Waals surface area contributed by atoms with E-state index < -0.39 is 0 Å². The topological polar surface area (TPSA) is 46.2 Å². The minimum absolute atomic E-state index is 0.291. The molecule has 1 aromatic rings. The summed E-state index contributed by atoms with van der Waals surface area (Å²) in [5, 5.41) is 9.02. The first-order valence-corrected chi connectivity index (χ1v) is 5.44. The SMILES string of the molecule is CC(O)CCSc1ccc(N)cc1F. The highest BCUT2D eigenvalue weighted by Crippen LogP contribution is 2.24. The van der Waals surface area contributed by atoms with Crippen LogP contribution in [0.2, 0.25) is 0 Å². The second-order valence-corrected chi connectivity index (χ2v) is 4.31. The fourth-order valence-electron chi connectivity index (χ4n) is 0.974. The van der Waals surface area contributed by atoms with E-state index in [0.717, 1.165) is 0 Å². The van der Waals surface area contributed by atoms with E-state index in [0.29, 0.717) is 22.8 Å². The van der Waals surface area contributed by atoms with Crippen LogP contribution in [0.3, 0.4) is 0 Å². The van der Waals surface area contributed by atoms with Crippen molar-refractivity contribution in [2.45, 2.75) is 24.3 Å². The summed E-state index contributed by atoms with van der Waals surface area (Å²) < 4.78 is 13.2. The lowest BCUT2D eigenvalue weighted by molar-refractivity contribution is 0.192. The first-order valence-electron chi connectivity index (χ1n) is 4.45. The summed E-state index contributed by atoms with van der Waals surface area (Å²) in [6.45, 7) is 1.72. The Hall–Kier alpha value is -0.740. The molecule has 0 saturated heterocycles. The van der Waals surface area contributed by atoms with E-state index in [9.17, 15) is 4.39 Å². The van der Waals surface area contributed by atoms with Crippen molar-refractivity contribution in [3.05, 3.63) is 24.0 Å². The maximum atomic E-state index is 13.2. The molecule has 78 valence electrons. The van der Waals surface area contributed by atoms with Crippen molar-refractivity contribution >= 4 is 17.4 Å².